The predicted molar refractivity (Wildman–Crippen MR) is 126 cm³/mol. The molecule has 1 heterocycles. The number of benzene rings is 1. The van der Waals surface area contributed by atoms with Crippen molar-refractivity contribution < 1.29 is 22.4 Å². The van der Waals surface area contributed by atoms with Crippen LogP contribution in [0.15, 0.2) is 48.7 Å². The highest BCUT2D eigenvalue weighted by Crippen LogP contribution is 2.42. The summed E-state index contributed by atoms with van der Waals surface area (Å²) in [6.07, 6.45) is -1.13. The Kier molecular flexibility index (Phi) is 7.38. The van der Waals surface area contributed by atoms with Crippen LogP contribution in [0.5, 0.6) is 0 Å². The van der Waals surface area contributed by atoms with Crippen molar-refractivity contribution in [3.8, 4) is 0 Å². The molecule has 0 bridgehead atoms. The molecule has 180 valence electrons. The first kappa shape index (κ1) is 25.4. The summed E-state index contributed by atoms with van der Waals surface area (Å²) in [5.41, 5.74) is 0.311. The van der Waals surface area contributed by atoms with Gasteiger partial charge in [0.2, 0.25) is 0 Å². The topological polar surface area (TPSA) is 51.2 Å². The van der Waals surface area contributed by atoms with Crippen LogP contribution in [0.2, 0.25) is 18.1 Å². The van der Waals surface area contributed by atoms with E-state index in [1.807, 2.05) is 0 Å². The number of nitrogens with one attached hydrogen (secondary N) is 1. The Morgan fingerprint density at radius 1 is 1.09 bits per heavy atom. The summed E-state index contributed by atoms with van der Waals surface area (Å²) in [5, 5.41) is 3.08. The average Bonchev–Trinajstić information content (AvgIpc) is 2.74. The number of alkyl halides is 3. The normalized spacial score (nSPS) is 22.1. The summed E-state index contributed by atoms with van der Waals surface area (Å²) in [7, 11) is -2.12. The maximum atomic E-state index is 13.3. The maximum absolute atomic E-state index is 13.3. The van der Waals surface area contributed by atoms with Crippen LogP contribution >= 0.6 is 0 Å². The van der Waals surface area contributed by atoms with Crippen LogP contribution in [-0.2, 0) is 10.6 Å². The first-order chi connectivity index (χ1) is 15.3. The van der Waals surface area contributed by atoms with Crippen LogP contribution in [0.4, 0.5) is 13.2 Å². The monoisotopic (exact) mass is 478 g/mol. The first-order valence-electron chi connectivity index (χ1n) is 11.3. The second-order valence-corrected chi connectivity index (χ2v) is 15.1. The van der Waals surface area contributed by atoms with Crippen LogP contribution in [-0.4, -0.2) is 31.4 Å². The number of halogens is 3. The molecular formula is C25H33F3N2O2Si. The summed E-state index contributed by atoms with van der Waals surface area (Å²) >= 11 is 0. The van der Waals surface area contributed by atoms with E-state index >= 15 is 0 Å². The lowest BCUT2D eigenvalue weighted by Gasteiger charge is -2.44. The minimum atomic E-state index is -4.38. The fraction of sp³-hybridized carbons (Fsp3) is 0.520. The zero-order valence-corrected chi connectivity index (χ0v) is 20.9. The van der Waals surface area contributed by atoms with Crippen molar-refractivity contribution in [1.82, 2.24) is 10.3 Å². The molecule has 1 saturated carbocycles. The van der Waals surface area contributed by atoms with E-state index in [0.29, 0.717) is 30.5 Å². The van der Waals surface area contributed by atoms with Crippen LogP contribution < -0.4 is 5.32 Å². The fourth-order valence-corrected chi connectivity index (χ4v) is 5.39. The molecule has 2 aromatic rings. The smallest absolute Gasteiger partial charge is 0.412 e. The lowest BCUT2D eigenvalue weighted by molar-refractivity contribution is -0.137. The van der Waals surface area contributed by atoms with Crippen molar-refractivity contribution in [3.63, 3.8) is 0 Å². The van der Waals surface area contributed by atoms with E-state index in [0.717, 1.165) is 6.07 Å². The average molecular weight is 479 g/mol. The Morgan fingerprint density at radius 3 is 2.42 bits per heavy atom. The molecule has 1 fully saturated rings. The summed E-state index contributed by atoms with van der Waals surface area (Å²) in [6.45, 7) is 10.8. The van der Waals surface area contributed by atoms with Gasteiger partial charge in [-0.3, -0.25) is 9.78 Å². The standard InChI is InChI=1S/C25H33F3N2O2Si/c1-24(2,3)33(4,5)32-22-13-12-18(17-9-8-10-19(15-17)25(26,27)28)16-21(22)30-23(31)20-11-6-7-14-29-20/h6-11,14-15,18,21-22H,12-13,16H2,1-5H3,(H,30,31)/t18-,21-,22-/m0/s1. The summed E-state index contributed by atoms with van der Waals surface area (Å²) in [6, 6.07) is 10.3. The molecule has 1 amide bonds. The van der Waals surface area contributed by atoms with E-state index in [1.54, 1.807) is 30.5 Å². The zero-order valence-electron chi connectivity index (χ0n) is 19.9. The summed E-state index contributed by atoms with van der Waals surface area (Å²) in [4.78, 5) is 17.0. The van der Waals surface area contributed by atoms with Gasteiger partial charge in [-0.25, -0.2) is 0 Å². The van der Waals surface area contributed by atoms with Crippen molar-refractivity contribution in [2.75, 3.05) is 0 Å². The molecule has 3 rings (SSSR count). The first-order valence-corrected chi connectivity index (χ1v) is 14.3. The summed E-state index contributed by atoms with van der Waals surface area (Å²) in [5.74, 6) is -0.394. The molecule has 3 atom stereocenters. The van der Waals surface area contributed by atoms with Crippen molar-refractivity contribution >= 4 is 14.2 Å². The van der Waals surface area contributed by atoms with Crippen LogP contribution in [0.25, 0.3) is 0 Å². The van der Waals surface area contributed by atoms with Gasteiger partial charge >= 0.3 is 6.18 Å². The second kappa shape index (κ2) is 9.58. The van der Waals surface area contributed by atoms with Gasteiger partial charge in [-0.15, -0.1) is 0 Å². The third-order valence-corrected chi connectivity index (χ3v) is 11.4. The number of hydrogen-bond acceptors (Lipinski definition) is 3. The van der Waals surface area contributed by atoms with E-state index in [-0.39, 0.29) is 29.0 Å². The number of amides is 1. The predicted octanol–water partition coefficient (Wildman–Crippen LogP) is 6.56. The van der Waals surface area contributed by atoms with E-state index in [9.17, 15) is 18.0 Å². The molecule has 33 heavy (non-hydrogen) atoms. The van der Waals surface area contributed by atoms with Gasteiger partial charge in [0.25, 0.3) is 5.91 Å². The number of carbonyl (C=O) groups excluding carboxylic acids is 1. The Labute approximate surface area is 195 Å². The van der Waals surface area contributed by atoms with Gasteiger partial charge < -0.3 is 9.74 Å². The van der Waals surface area contributed by atoms with Crippen molar-refractivity contribution in [1.29, 1.82) is 0 Å². The molecule has 0 saturated heterocycles. The number of rotatable bonds is 5. The van der Waals surface area contributed by atoms with Gasteiger partial charge in [-0.2, -0.15) is 13.2 Å². The quantitative estimate of drug-likeness (QED) is 0.495. The molecule has 0 spiro atoms. The second-order valence-electron chi connectivity index (χ2n) is 10.3. The highest BCUT2D eigenvalue weighted by atomic mass is 28.4. The highest BCUT2D eigenvalue weighted by molar-refractivity contribution is 6.74. The van der Waals surface area contributed by atoms with Gasteiger partial charge in [-0.05, 0) is 67.1 Å². The van der Waals surface area contributed by atoms with Gasteiger partial charge in [0.15, 0.2) is 8.32 Å². The molecule has 1 aliphatic carbocycles. The molecular weight excluding hydrogens is 445 g/mol. The van der Waals surface area contributed by atoms with Crippen LogP contribution in [0, 0.1) is 0 Å². The molecule has 0 aliphatic heterocycles. The van der Waals surface area contributed by atoms with Gasteiger partial charge in [0.05, 0.1) is 17.7 Å². The van der Waals surface area contributed by atoms with Crippen molar-refractivity contribution in [3.05, 3.63) is 65.5 Å². The number of carbonyl (C=O) groups is 1. The Bertz CT molecular complexity index is 958. The van der Waals surface area contributed by atoms with Crippen molar-refractivity contribution in [2.24, 2.45) is 0 Å². The van der Waals surface area contributed by atoms with Gasteiger partial charge in [-0.1, -0.05) is 45.0 Å². The Hall–Kier alpha value is -2.19. The molecule has 1 N–H and O–H groups in total. The minimum Gasteiger partial charge on any atom is -0.412 e. The summed E-state index contributed by atoms with van der Waals surface area (Å²) < 4.78 is 46.4. The fourth-order valence-electron chi connectivity index (χ4n) is 4.00. The van der Waals surface area contributed by atoms with E-state index in [4.69, 9.17) is 4.43 Å². The molecule has 0 unspecified atom stereocenters. The zero-order chi connectivity index (χ0) is 24.4. The molecule has 8 heteroatoms. The van der Waals surface area contributed by atoms with E-state index < -0.39 is 20.1 Å². The van der Waals surface area contributed by atoms with Gasteiger partial charge in [0, 0.05) is 6.20 Å². The van der Waals surface area contributed by atoms with Crippen molar-refractivity contribution in [2.45, 2.75) is 82.4 Å². The van der Waals surface area contributed by atoms with Gasteiger partial charge in [0.1, 0.15) is 5.69 Å². The molecule has 4 nitrogen and oxygen atoms in total. The largest absolute Gasteiger partial charge is 0.416 e. The molecule has 1 aromatic carbocycles. The number of aromatic nitrogens is 1. The lowest BCUT2D eigenvalue weighted by atomic mass is 9.79. The van der Waals surface area contributed by atoms with E-state index in [1.165, 1.54) is 12.1 Å². The maximum Gasteiger partial charge on any atom is 0.416 e. The molecule has 1 aromatic heterocycles. The Balaban J connectivity index is 1.85. The van der Waals surface area contributed by atoms with Crippen LogP contribution in [0.1, 0.15) is 67.6 Å². The number of pyridine rings is 1. The molecule has 0 radical (unpaired) electrons. The number of nitrogens with zero attached hydrogens (tertiary/aromatic N) is 1. The van der Waals surface area contributed by atoms with Crippen LogP contribution in [0.3, 0.4) is 0 Å². The lowest BCUT2D eigenvalue weighted by Crippen LogP contribution is -2.53. The highest BCUT2D eigenvalue weighted by Gasteiger charge is 2.43. The SMILES string of the molecule is CC(C)(C)[Si](C)(C)O[C@H]1CC[C@H](c2cccc(C(F)(F)F)c2)C[C@@H]1NC(=O)c1ccccn1. The molecule has 1 aliphatic rings. The van der Waals surface area contributed by atoms with E-state index in [2.05, 4.69) is 44.2 Å². The Morgan fingerprint density at radius 2 is 1.82 bits per heavy atom. The third kappa shape index (κ3) is 6.23. The third-order valence-electron chi connectivity index (χ3n) is 6.94. The number of hydrogen-bond donors (Lipinski definition) is 1. The minimum absolute atomic E-state index is 0.000430.